The minimum Gasteiger partial charge on any atom is -0.465 e. The molecule has 0 radical (unpaired) electrons. The number of methoxy groups -OCH3 is 1. The van der Waals surface area contributed by atoms with Gasteiger partial charge in [0.2, 0.25) is 0 Å². The number of hydrogen-bond acceptors (Lipinski definition) is 6. The molecule has 1 aromatic heterocycles. The molecule has 2 aromatic rings. The van der Waals surface area contributed by atoms with E-state index in [2.05, 4.69) is 10.4 Å². The molecule has 0 aliphatic heterocycles. The normalized spacial score (nSPS) is 11.4. The average molecular weight is 377 g/mol. The van der Waals surface area contributed by atoms with Crippen LogP contribution in [0.25, 0.3) is 10.9 Å². The summed E-state index contributed by atoms with van der Waals surface area (Å²) in [7, 11) is 1.36. The molecule has 1 heterocycles. The summed E-state index contributed by atoms with van der Waals surface area (Å²) in [6.45, 7) is 9.03. The van der Waals surface area contributed by atoms with Crippen molar-refractivity contribution in [3.05, 3.63) is 29.5 Å². The molecule has 8 heteroatoms. The zero-order valence-electron chi connectivity index (χ0n) is 16.5. The van der Waals surface area contributed by atoms with Crippen LogP contribution in [-0.4, -0.2) is 54.3 Å². The molecular formula is C19H27N3O5. The van der Waals surface area contributed by atoms with Crippen molar-refractivity contribution in [2.24, 2.45) is 0 Å². The van der Waals surface area contributed by atoms with E-state index in [1.54, 1.807) is 16.8 Å². The number of nitrogens with one attached hydrogen (secondary N) is 1. The summed E-state index contributed by atoms with van der Waals surface area (Å²) >= 11 is 0. The molecule has 0 unspecified atom stereocenters. The number of nitrogens with zero attached hydrogens (tertiary/aromatic N) is 2. The highest BCUT2D eigenvalue weighted by molar-refractivity contribution is 5.95. The van der Waals surface area contributed by atoms with Crippen molar-refractivity contribution in [1.29, 1.82) is 0 Å². The van der Waals surface area contributed by atoms with Crippen molar-refractivity contribution < 1.29 is 23.8 Å². The number of carbonyl (C=O) groups is 2. The number of benzene rings is 1. The maximum Gasteiger partial charge on any atom is 0.407 e. The molecule has 0 spiro atoms. The van der Waals surface area contributed by atoms with E-state index in [0.717, 1.165) is 16.6 Å². The highest BCUT2D eigenvalue weighted by Crippen LogP contribution is 2.20. The number of aryl methyl sites for hydroxylation is 1. The Morgan fingerprint density at radius 1 is 1.22 bits per heavy atom. The van der Waals surface area contributed by atoms with Crippen LogP contribution in [0, 0.1) is 6.92 Å². The summed E-state index contributed by atoms with van der Waals surface area (Å²) in [5, 5.41) is 8.12. The fraction of sp³-hybridized carbons (Fsp3) is 0.526. The first-order valence-electron chi connectivity index (χ1n) is 8.81. The molecule has 1 N–H and O–H groups in total. The second-order valence-electron chi connectivity index (χ2n) is 7.07. The summed E-state index contributed by atoms with van der Waals surface area (Å²) in [4.78, 5) is 23.3. The van der Waals surface area contributed by atoms with E-state index in [-0.39, 0.29) is 5.97 Å². The molecule has 1 amide bonds. The second kappa shape index (κ2) is 8.85. The first kappa shape index (κ1) is 20.7. The fourth-order valence-corrected chi connectivity index (χ4v) is 2.55. The smallest absolute Gasteiger partial charge is 0.407 e. The van der Waals surface area contributed by atoms with Crippen LogP contribution in [0.15, 0.2) is 18.2 Å². The van der Waals surface area contributed by atoms with E-state index in [4.69, 9.17) is 14.2 Å². The van der Waals surface area contributed by atoms with Crippen molar-refractivity contribution in [2.45, 2.75) is 39.8 Å². The van der Waals surface area contributed by atoms with Gasteiger partial charge in [-0.2, -0.15) is 5.10 Å². The lowest BCUT2D eigenvalue weighted by Crippen LogP contribution is -2.34. The minimum absolute atomic E-state index is 0.361. The fourth-order valence-electron chi connectivity index (χ4n) is 2.55. The minimum atomic E-state index is -0.521. The number of esters is 1. The first-order valence-corrected chi connectivity index (χ1v) is 8.81. The Morgan fingerprint density at radius 3 is 2.63 bits per heavy atom. The molecular weight excluding hydrogens is 350 g/mol. The van der Waals surface area contributed by atoms with Crippen molar-refractivity contribution in [3.63, 3.8) is 0 Å². The number of hydrogen-bond donors (Lipinski definition) is 1. The third-order valence-corrected chi connectivity index (χ3v) is 3.72. The van der Waals surface area contributed by atoms with E-state index in [0.29, 0.717) is 31.9 Å². The highest BCUT2D eigenvalue weighted by atomic mass is 16.6. The summed E-state index contributed by atoms with van der Waals surface area (Å²) in [5.74, 6) is -0.383. The number of fused-ring (bicyclic) bond motifs is 1. The van der Waals surface area contributed by atoms with Crippen molar-refractivity contribution in [2.75, 3.05) is 26.9 Å². The van der Waals surface area contributed by atoms with E-state index in [1.165, 1.54) is 7.11 Å². The van der Waals surface area contributed by atoms with Crippen molar-refractivity contribution >= 4 is 23.0 Å². The average Bonchev–Trinajstić information content (AvgIpc) is 2.91. The molecule has 0 fully saturated rings. The van der Waals surface area contributed by atoms with Crippen LogP contribution < -0.4 is 5.32 Å². The van der Waals surface area contributed by atoms with Gasteiger partial charge in [0.05, 0.1) is 43.6 Å². The predicted octanol–water partition coefficient (Wildman–Crippen LogP) is 2.67. The zero-order chi connectivity index (χ0) is 20.0. The van der Waals surface area contributed by atoms with Crippen LogP contribution in [-0.2, 0) is 20.8 Å². The van der Waals surface area contributed by atoms with Crippen LogP contribution in [0.5, 0.6) is 0 Å². The Labute approximate surface area is 158 Å². The molecule has 8 nitrogen and oxygen atoms in total. The van der Waals surface area contributed by atoms with Crippen LogP contribution in [0.4, 0.5) is 4.79 Å². The molecule has 2 rings (SSSR count). The van der Waals surface area contributed by atoms with Gasteiger partial charge in [-0.1, -0.05) is 6.07 Å². The molecule has 1 aromatic carbocycles. The van der Waals surface area contributed by atoms with Crippen molar-refractivity contribution in [3.8, 4) is 0 Å². The molecule has 0 aliphatic rings. The number of ether oxygens (including phenoxy) is 3. The lowest BCUT2D eigenvalue weighted by atomic mass is 10.1. The number of alkyl carbamates (subject to hydrolysis) is 1. The van der Waals surface area contributed by atoms with Gasteiger partial charge in [-0.25, -0.2) is 9.59 Å². The molecule has 0 bridgehead atoms. The van der Waals surface area contributed by atoms with Gasteiger partial charge in [0.25, 0.3) is 0 Å². The monoisotopic (exact) mass is 377 g/mol. The Balaban J connectivity index is 1.84. The van der Waals surface area contributed by atoms with E-state index in [9.17, 15) is 9.59 Å². The first-order chi connectivity index (χ1) is 12.7. The molecule has 0 atom stereocenters. The molecule has 27 heavy (non-hydrogen) atoms. The lowest BCUT2D eigenvalue weighted by Gasteiger charge is -2.19. The standard InChI is InChI=1S/C19H27N3O5/c1-13-15-7-6-14(17(23)25-5)12-16(15)22(21-13)9-11-26-10-8-20-18(24)27-19(2,3)4/h6-7,12H,8-11H2,1-5H3,(H,20,24). The maximum absolute atomic E-state index is 11.7. The van der Waals surface area contributed by atoms with Gasteiger partial charge >= 0.3 is 12.1 Å². The third-order valence-electron chi connectivity index (χ3n) is 3.72. The Hall–Kier alpha value is -2.61. The number of aromatic nitrogens is 2. The maximum atomic E-state index is 11.7. The zero-order valence-corrected chi connectivity index (χ0v) is 16.5. The number of amides is 1. The number of rotatable bonds is 7. The Morgan fingerprint density at radius 2 is 1.96 bits per heavy atom. The van der Waals surface area contributed by atoms with Gasteiger partial charge in [0, 0.05) is 11.9 Å². The predicted molar refractivity (Wildman–Crippen MR) is 101 cm³/mol. The second-order valence-corrected chi connectivity index (χ2v) is 7.07. The number of carbonyl (C=O) groups excluding carboxylic acids is 2. The third kappa shape index (κ3) is 5.96. The molecule has 0 saturated carbocycles. The van der Waals surface area contributed by atoms with E-state index < -0.39 is 11.7 Å². The van der Waals surface area contributed by atoms with Crippen LogP contribution in [0.3, 0.4) is 0 Å². The van der Waals surface area contributed by atoms with Crippen molar-refractivity contribution in [1.82, 2.24) is 15.1 Å². The summed E-state index contributed by atoms with van der Waals surface area (Å²) in [5.41, 5.74) is 1.69. The largest absolute Gasteiger partial charge is 0.465 e. The van der Waals surface area contributed by atoms with Gasteiger partial charge in [-0.15, -0.1) is 0 Å². The molecule has 148 valence electrons. The van der Waals surface area contributed by atoms with E-state index >= 15 is 0 Å². The Kier molecular flexibility index (Phi) is 6.79. The summed E-state index contributed by atoms with van der Waals surface area (Å²) in [6, 6.07) is 5.36. The molecule has 0 aliphatic carbocycles. The molecule has 0 saturated heterocycles. The quantitative estimate of drug-likeness (QED) is 0.589. The summed E-state index contributed by atoms with van der Waals surface area (Å²) < 4.78 is 17.3. The van der Waals surface area contributed by atoms with Crippen LogP contribution >= 0.6 is 0 Å². The van der Waals surface area contributed by atoms with Gasteiger partial charge in [0.15, 0.2) is 0 Å². The van der Waals surface area contributed by atoms with Crippen LogP contribution in [0.2, 0.25) is 0 Å². The van der Waals surface area contributed by atoms with Crippen LogP contribution in [0.1, 0.15) is 36.8 Å². The highest BCUT2D eigenvalue weighted by Gasteiger charge is 2.15. The van der Waals surface area contributed by atoms with Gasteiger partial charge < -0.3 is 19.5 Å². The van der Waals surface area contributed by atoms with Gasteiger partial charge in [0.1, 0.15) is 5.60 Å². The Bertz CT molecular complexity index is 808. The topological polar surface area (TPSA) is 91.7 Å². The SMILES string of the molecule is COC(=O)c1ccc2c(C)nn(CCOCCNC(=O)OC(C)(C)C)c2c1. The van der Waals surface area contributed by atoms with Gasteiger partial charge in [-0.3, -0.25) is 4.68 Å². The van der Waals surface area contributed by atoms with Gasteiger partial charge in [-0.05, 0) is 39.8 Å². The van der Waals surface area contributed by atoms with E-state index in [1.807, 2.05) is 33.8 Å². The summed E-state index contributed by atoms with van der Waals surface area (Å²) in [6.07, 6.45) is -0.463. The lowest BCUT2D eigenvalue weighted by molar-refractivity contribution is 0.0495.